The van der Waals surface area contributed by atoms with Crippen LogP contribution in [0.25, 0.3) is 0 Å². The molecule has 0 spiro atoms. The van der Waals surface area contributed by atoms with E-state index in [4.69, 9.17) is 0 Å². The zero-order valence-electron chi connectivity index (χ0n) is 8.41. The SMILES string of the molecule is C1=CCC2C=CCCC2CCC1.[CH2]. The fourth-order valence-electron chi connectivity index (χ4n) is 2.45. The van der Waals surface area contributed by atoms with Gasteiger partial charge in [-0.15, -0.1) is 0 Å². The molecule has 0 aliphatic heterocycles. The van der Waals surface area contributed by atoms with Crippen molar-refractivity contribution in [1.82, 2.24) is 0 Å². The minimum Gasteiger partial charge on any atom is -0.0885 e. The van der Waals surface area contributed by atoms with Gasteiger partial charge in [0.2, 0.25) is 0 Å². The molecule has 72 valence electrons. The maximum Gasteiger partial charge on any atom is -0.0170 e. The van der Waals surface area contributed by atoms with Crippen LogP contribution in [0.2, 0.25) is 0 Å². The molecule has 0 amide bonds. The Bertz CT molecular complexity index is 188. The summed E-state index contributed by atoms with van der Waals surface area (Å²) in [6, 6.07) is 0. The Kier molecular flexibility index (Phi) is 4.27. The number of allylic oxidation sites excluding steroid dienone is 4. The highest BCUT2D eigenvalue weighted by Gasteiger charge is 2.20. The summed E-state index contributed by atoms with van der Waals surface area (Å²) in [6.07, 6.45) is 17.8. The van der Waals surface area contributed by atoms with Gasteiger partial charge in [0.15, 0.2) is 0 Å². The molecule has 0 saturated heterocycles. The van der Waals surface area contributed by atoms with Crippen molar-refractivity contribution in [3.05, 3.63) is 31.7 Å². The first-order valence-electron chi connectivity index (χ1n) is 5.28. The number of hydrogen-bond acceptors (Lipinski definition) is 0. The van der Waals surface area contributed by atoms with Crippen LogP contribution >= 0.6 is 0 Å². The third-order valence-corrected chi connectivity index (χ3v) is 3.21. The topological polar surface area (TPSA) is 0 Å². The van der Waals surface area contributed by atoms with Crippen LogP contribution in [-0.2, 0) is 0 Å². The third-order valence-electron chi connectivity index (χ3n) is 3.21. The van der Waals surface area contributed by atoms with Crippen molar-refractivity contribution in [2.24, 2.45) is 11.8 Å². The Hall–Kier alpha value is -0.520. The molecule has 2 radical (unpaired) electrons. The summed E-state index contributed by atoms with van der Waals surface area (Å²) in [4.78, 5) is 0. The first-order chi connectivity index (χ1) is 5.97. The van der Waals surface area contributed by atoms with E-state index in [0.717, 1.165) is 11.8 Å². The van der Waals surface area contributed by atoms with Gasteiger partial charge < -0.3 is 0 Å². The first kappa shape index (κ1) is 10.6. The molecule has 0 aromatic heterocycles. The lowest BCUT2D eigenvalue weighted by atomic mass is 9.78. The van der Waals surface area contributed by atoms with Gasteiger partial charge in [-0.05, 0) is 50.4 Å². The van der Waals surface area contributed by atoms with Gasteiger partial charge in [0.25, 0.3) is 0 Å². The molecule has 2 rings (SSSR count). The lowest BCUT2D eigenvalue weighted by molar-refractivity contribution is 0.324. The second-order valence-electron chi connectivity index (χ2n) is 4.07. The molecular weight excluding hydrogens is 156 g/mol. The minimum absolute atomic E-state index is 0. The van der Waals surface area contributed by atoms with E-state index in [2.05, 4.69) is 24.3 Å². The maximum absolute atomic E-state index is 2.45. The molecule has 13 heavy (non-hydrogen) atoms. The highest BCUT2D eigenvalue weighted by Crippen LogP contribution is 2.32. The third kappa shape index (κ3) is 2.72. The molecule has 2 atom stereocenters. The van der Waals surface area contributed by atoms with Gasteiger partial charge in [0.1, 0.15) is 0 Å². The predicted octanol–water partition coefficient (Wildman–Crippen LogP) is 4.03. The summed E-state index contributed by atoms with van der Waals surface area (Å²) in [5, 5.41) is 0. The van der Waals surface area contributed by atoms with Crippen LogP contribution in [0.15, 0.2) is 24.3 Å². The largest absolute Gasteiger partial charge is 0.0885 e. The monoisotopic (exact) mass is 176 g/mol. The average molecular weight is 176 g/mol. The molecule has 0 saturated carbocycles. The van der Waals surface area contributed by atoms with Crippen molar-refractivity contribution in [2.75, 3.05) is 0 Å². The Morgan fingerprint density at radius 2 is 1.85 bits per heavy atom. The van der Waals surface area contributed by atoms with E-state index in [1.54, 1.807) is 0 Å². The lowest BCUT2D eigenvalue weighted by Gasteiger charge is -2.27. The van der Waals surface area contributed by atoms with E-state index >= 15 is 0 Å². The van der Waals surface area contributed by atoms with E-state index in [1.807, 2.05) is 0 Å². The van der Waals surface area contributed by atoms with E-state index < -0.39 is 0 Å². The minimum atomic E-state index is 0. The van der Waals surface area contributed by atoms with Crippen molar-refractivity contribution in [3.8, 4) is 0 Å². The van der Waals surface area contributed by atoms with E-state index in [-0.39, 0.29) is 7.43 Å². The highest BCUT2D eigenvalue weighted by molar-refractivity contribution is 5.01. The molecule has 0 aromatic carbocycles. The molecule has 0 bridgehead atoms. The van der Waals surface area contributed by atoms with E-state index in [0.29, 0.717) is 0 Å². The maximum atomic E-state index is 2.45. The van der Waals surface area contributed by atoms with Crippen LogP contribution < -0.4 is 0 Å². The number of hydrogen-bond donors (Lipinski definition) is 0. The predicted molar refractivity (Wildman–Crippen MR) is 58.3 cm³/mol. The van der Waals surface area contributed by atoms with Crippen LogP contribution in [-0.4, -0.2) is 0 Å². The fraction of sp³-hybridized carbons (Fsp3) is 0.615. The van der Waals surface area contributed by atoms with Crippen molar-refractivity contribution >= 4 is 0 Å². The Morgan fingerprint density at radius 3 is 2.77 bits per heavy atom. The normalized spacial score (nSPS) is 32.6. The van der Waals surface area contributed by atoms with Crippen LogP contribution in [0.5, 0.6) is 0 Å². The Morgan fingerprint density at radius 1 is 0.923 bits per heavy atom. The second kappa shape index (κ2) is 5.26. The molecule has 0 N–H and O–H groups in total. The van der Waals surface area contributed by atoms with Gasteiger partial charge in [-0.25, -0.2) is 0 Å². The number of fused-ring (bicyclic) bond motifs is 1. The molecule has 2 aliphatic rings. The smallest absolute Gasteiger partial charge is 0.0170 e. The van der Waals surface area contributed by atoms with Gasteiger partial charge in [0.05, 0.1) is 0 Å². The summed E-state index contributed by atoms with van der Waals surface area (Å²) in [5.41, 5.74) is 0. The molecular formula is C13H20. The zero-order chi connectivity index (χ0) is 8.23. The number of rotatable bonds is 0. The van der Waals surface area contributed by atoms with Crippen LogP contribution in [0.3, 0.4) is 0 Å². The molecule has 0 heteroatoms. The van der Waals surface area contributed by atoms with Gasteiger partial charge in [-0.3, -0.25) is 0 Å². The van der Waals surface area contributed by atoms with Crippen LogP contribution in [0, 0.1) is 19.3 Å². The summed E-state index contributed by atoms with van der Waals surface area (Å²) in [6.45, 7) is 0. The van der Waals surface area contributed by atoms with Crippen LogP contribution in [0.1, 0.15) is 38.5 Å². The second-order valence-corrected chi connectivity index (χ2v) is 4.07. The summed E-state index contributed by atoms with van der Waals surface area (Å²) in [7, 11) is 0. The van der Waals surface area contributed by atoms with Gasteiger partial charge in [-0.1, -0.05) is 31.7 Å². The van der Waals surface area contributed by atoms with Crippen molar-refractivity contribution in [2.45, 2.75) is 38.5 Å². The van der Waals surface area contributed by atoms with Gasteiger partial charge in [0, 0.05) is 0 Å². The van der Waals surface area contributed by atoms with Crippen LogP contribution in [0.4, 0.5) is 0 Å². The molecule has 2 aliphatic carbocycles. The van der Waals surface area contributed by atoms with Gasteiger partial charge >= 0.3 is 0 Å². The molecule has 2 unspecified atom stereocenters. The summed E-state index contributed by atoms with van der Waals surface area (Å²) >= 11 is 0. The van der Waals surface area contributed by atoms with Crippen molar-refractivity contribution in [3.63, 3.8) is 0 Å². The molecule has 0 fully saturated rings. The van der Waals surface area contributed by atoms with Gasteiger partial charge in [-0.2, -0.15) is 0 Å². The quantitative estimate of drug-likeness (QED) is 0.489. The Labute approximate surface area is 82.7 Å². The zero-order valence-corrected chi connectivity index (χ0v) is 8.41. The van der Waals surface area contributed by atoms with E-state index in [1.165, 1.54) is 38.5 Å². The van der Waals surface area contributed by atoms with Crippen molar-refractivity contribution < 1.29 is 0 Å². The highest BCUT2D eigenvalue weighted by atomic mass is 14.3. The first-order valence-corrected chi connectivity index (χ1v) is 5.28. The average Bonchev–Trinajstić information content (AvgIpc) is 2.06. The van der Waals surface area contributed by atoms with E-state index in [9.17, 15) is 0 Å². The molecule has 0 heterocycles. The Balaban J connectivity index is 0.000000845. The summed E-state index contributed by atoms with van der Waals surface area (Å²) < 4.78 is 0. The standard InChI is InChI=1S/C12H18.CH2/c1-2-4-8-12-10-6-5-9-11(12)7-3-1;/h1,3,5,9,11-12H,2,4,6-8,10H2;1H2. The lowest BCUT2D eigenvalue weighted by Crippen LogP contribution is -2.16. The fourth-order valence-corrected chi connectivity index (χ4v) is 2.45. The van der Waals surface area contributed by atoms with Crippen molar-refractivity contribution in [1.29, 1.82) is 0 Å². The molecule has 0 aromatic rings. The molecule has 0 nitrogen and oxygen atoms in total. The summed E-state index contributed by atoms with van der Waals surface area (Å²) in [5.74, 6) is 1.87.